The van der Waals surface area contributed by atoms with Gasteiger partial charge in [-0.25, -0.2) is 17.7 Å². The maximum atomic E-state index is 12.5. The Morgan fingerprint density at radius 1 is 1.35 bits per heavy atom. The van der Waals surface area contributed by atoms with E-state index in [2.05, 4.69) is 10.4 Å². The minimum absolute atomic E-state index is 0.0416. The average molecular weight is 382 g/mol. The van der Waals surface area contributed by atoms with Gasteiger partial charge >= 0.3 is 0 Å². The van der Waals surface area contributed by atoms with Crippen LogP contribution in [0.3, 0.4) is 0 Å². The van der Waals surface area contributed by atoms with Gasteiger partial charge in [-0.1, -0.05) is 0 Å². The lowest BCUT2D eigenvalue weighted by Gasteiger charge is -2.19. The van der Waals surface area contributed by atoms with Crippen molar-refractivity contribution in [1.29, 1.82) is 0 Å². The smallest absolute Gasteiger partial charge is 0.271 e. The first-order valence-corrected chi connectivity index (χ1v) is 9.45. The van der Waals surface area contributed by atoms with Crippen LogP contribution in [0.2, 0.25) is 0 Å². The van der Waals surface area contributed by atoms with Crippen molar-refractivity contribution in [1.82, 2.24) is 9.31 Å². The molecular formula is C16H22N4O5S. The molecule has 10 heteroatoms. The van der Waals surface area contributed by atoms with Gasteiger partial charge in [0, 0.05) is 39.7 Å². The quantitative estimate of drug-likeness (QED) is 0.786. The molecule has 1 N–H and O–H groups in total. The van der Waals surface area contributed by atoms with Crippen LogP contribution in [-0.2, 0) is 19.6 Å². The second-order valence-electron chi connectivity index (χ2n) is 5.80. The van der Waals surface area contributed by atoms with Gasteiger partial charge in [-0.3, -0.25) is 9.59 Å². The van der Waals surface area contributed by atoms with Crippen molar-refractivity contribution in [3.05, 3.63) is 18.2 Å². The minimum Gasteiger partial charge on any atom is -0.492 e. The number of amides is 2. The van der Waals surface area contributed by atoms with Crippen molar-refractivity contribution in [3.63, 3.8) is 0 Å². The lowest BCUT2D eigenvalue weighted by Crippen LogP contribution is -2.34. The Morgan fingerprint density at radius 3 is 2.62 bits per heavy atom. The summed E-state index contributed by atoms with van der Waals surface area (Å²) in [4.78, 5) is 23.8. The first kappa shape index (κ1) is 19.9. The zero-order chi connectivity index (χ0) is 19.5. The molecule has 0 unspecified atom stereocenters. The fraction of sp³-hybridized carbons (Fsp3) is 0.438. The molecule has 1 aromatic rings. The second kappa shape index (κ2) is 7.83. The molecule has 0 saturated carbocycles. The van der Waals surface area contributed by atoms with Gasteiger partial charge in [0.2, 0.25) is 15.9 Å². The molecule has 1 aromatic carbocycles. The number of benzene rings is 1. The highest BCUT2D eigenvalue weighted by atomic mass is 32.2. The zero-order valence-corrected chi connectivity index (χ0v) is 16.0. The molecule has 1 aliphatic rings. The summed E-state index contributed by atoms with van der Waals surface area (Å²) in [6.07, 6.45) is 0.432. The summed E-state index contributed by atoms with van der Waals surface area (Å²) in [7, 11) is 0.558. The van der Waals surface area contributed by atoms with Gasteiger partial charge in [0.15, 0.2) is 0 Å². The van der Waals surface area contributed by atoms with Crippen molar-refractivity contribution in [2.24, 2.45) is 5.10 Å². The van der Waals surface area contributed by atoms with Crippen molar-refractivity contribution in [2.75, 3.05) is 33.1 Å². The van der Waals surface area contributed by atoms with Crippen LogP contribution in [0.25, 0.3) is 0 Å². The molecule has 0 aliphatic carbocycles. The van der Waals surface area contributed by atoms with Crippen LogP contribution >= 0.6 is 0 Å². The molecule has 0 bridgehead atoms. The van der Waals surface area contributed by atoms with E-state index in [0.29, 0.717) is 12.3 Å². The van der Waals surface area contributed by atoms with E-state index in [-0.39, 0.29) is 35.1 Å². The Balaban J connectivity index is 2.32. The highest BCUT2D eigenvalue weighted by Gasteiger charge is 2.25. The van der Waals surface area contributed by atoms with E-state index < -0.39 is 15.9 Å². The molecule has 0 radical (unpaired) electrons. The van der Waals surface area contributed by atoms with Crippen LogP contribution in [0.5, 0.6) is 5.75 Å². The molecule has 0 aromatic heterocycles. The lowest BCUT2D eigenvalue weighted by atomic mass is 10.1. The monoisotopic (exact) mass is 382 g/mol. The maximum Gasteiger partial charge on any atom is 0.271 e. The Kier molecular flexibility index (Phi) is 5.98. The van der Waals surface area contributed by atoms with Crippen molar-refractivity contribution >= 4 is 33.2 Å². The molecule has 0 atom stereocenters. The molecule has 2 amide bonds. The number of rotatable bonds is 6. The maximum absolute atomic E-state index is 12.5. The number of carbonyl (C=O) groups is 2. The Labute approximate surface area is 152 Å². The zero-order valence-electron chi connectivity index (χ0n) is 15.1. The third-order valence-electron chi connectivity index (χ3n) is 3.73. The summed E-state index contributed by atoms with van der Waals surface area (Å²) < 4.78 is 31.5. The van der Waals surface area contributed by atoms with Gasteiger partial charge in [0.05, 0.1) is 6.61 Å². The molecule has 1 heterocycles. The molecule has 142 valence electrons. The summed E-state index contributed by atoms with van der Waals surface area (Å²) in [6, 6.07) is 4.39. The number of anilines is 1. The fourth-order valence-electron chi connectivity index (χ4n) is 2.30. The summed E-state index contributed by atoms with van der Waals surface area (Å²) in [5, 5.41) is 7.69. The Hall–Kier alpha value is -2.46. The van der Waals surface area contributed by atoms with Crippen molar-refractivity contribution < 1.29 is 22.7 Å². The number of hydrogen-bond donors (Lipinski definition) is 1. The van der Waals surface area contributed by atoms with Gasteiger partial charge in [-0.2, -0.15) is 5.10 Å². The van der Waals surface area contributed by atoms with Gasteiger partial charge in [0.25, 0.3) is 5.91 Å². The standard InChI is InChI=1S/C16H22N4O5S/c1-5-25-13-8-6-11(10-14(13)26(23,24)19(2)3)17-16(22)12-7-9-15(21)20(4)18-12/h6,8,10H,5,7,9H2,1-4H3,(H,17,22). The Bertz CT molecular complexity index is 848. The van der Waals surface area contributed by atoms with Gasteiger partial charge in [-0.05, 0) is 25.1 Å². The molecule has 26 heavy (non-hydrogen) atoms. The van der Waals surface area contributed by atoms with Crippen LogP contribution in [0.1, 0.15) is 19.8 Å². The van der Waals surface area contributed by atoms with E-state index in [1.165, 1.54) is 33.3 Å². The number of carbonyl (C=O) groups excluding carboxylic acids is 2. The van der Waals surface area contributed by atoms with Gasteiger partial charge in [-0.15, -0.1) is 0 Å². The average Bonchev–Trinajstić information content (AvgIpc) is 2.58. The van der Waals surface area contributed by atoms with E-state index in [0.717, 1.165) is 9.31 Å². The van der Waals surface area contributed by atoms with Crippen LogP contribution in [0, 0.1) is 0 Å². The molecule has 9 nitrogen and oxygen atoms in total. The van der Waals surface area contributed by atoms with Crippen LogP contribution < -0.4 is 10.1 Å². The first-order chi connectivity index (χ1) is 12.2. The van der Waals surface area contributed by atoms with E-state index in [1.54, 1.807) is 13.0 Å². The molecule has 1 aliphatic heterocycles. The third kappa shape index (κ3) is 4.20. The number of nitrogens with zero attached hydrogens (tertiary/aromatic N) is 3. The summed E-state index contributed by atoms with van der Waals surface area (Å²) in [6.45, 7) is 2.06. The van der Waals surface area contributed by atoms with E-state index in [1.807, 2.05) is 0 Å². The summed E-state index contributed by atoms with van der Waals surface area (Å²) in [5.74, 6) is -0.441. The van der Waals surface area contributed by atoms with Crippen molar-refractivity contribution in [3.8, 4) is 5.75 Å². The summed E-state index contributed by atoms with van der Waals surface area (Å²) in [5.41, 5.74) is 0.499. The van der Waals surface area contributed by atoms with Crippen LogP contribution in [-0.4, -0.2) is 63.0 Å². The minimum atomic E-state index is -3.76. The highest BCUT2D eigenvalue weighted by Crippen LogP contribution is 2.29. The largest absolute Gasteiger partial charge is 0.492 e. The molecule has 0 saturated heterocycles. The van der Waals surface area contributed by atoms with Crippen LogP contribution in [0.15, 0.2) is 28.2 Å². The van der Waals surface area contributed by atoms with E-state index in [9.17, 15) is 18.0 Å². The van der Waals surface area contributed by atoms with E-state index >= 15 is 0 Å². The number of hydrogen-bond acceptors (Lipinski definition) is 6. The number of ether oxygens (including phenoxy) is 1. The first-order valence-electron chi connectivity index (χ1n) is 8.01. The number of sulfonamides is 1. The predicted octanol–water partition coefficient (Wildman–Crippen LogP) is 0.882. The van der Waals surface area contributed by atoms with E-state index in [4.69, 9.17) is 4.74 Å². The van der Waals surface area contributed by atoms with Crippen LogP contribution in [0.4, 0.5) is 5.69 Å². The molecular weight excluding hydrogens is 360 g/mol. The second-order valence-corrected chi connectivity index (χ2v) is 7.92. The van der Waals surface area contributed by atoms with Crippen molar-refractivity contribution in [2.45, 2.75) is 24.7 Å². The third-order valence-corrected chi connectivity index (χ3v) is 5.57. The number of hydrazone groups is 1. The van der Waals surface area contributed by atoms with Gasteiger partial charge in [0.1, 0.15) is 16.4 Å². The molecule has 2 rings (SSSR count). The molecule has 0 fully saturated rings. The van der Waals surface area contributed by atoms with Gasteiger partial charge < -0.3 is 10.1 Å². The lowest BCUT2D eigenvalue weighted by molar-refractivity contribution is -0.130. The molecule has 0 spiro atoms. The number of nitrogens with one attached hydrogen (secondary N) is 1. The normalized spacial score (nSPS) is 15.0. The topological polar surface area (TPSA) is 108 Å². The predicted molar refractivity (Wildman–Crippen MR) is 96.6 cm³/mol. The SMILES string of the molecule is CCOc1ccc(NC(=O)C2=NN(C)C(=O)CC2)cc1S(=O)(=O)N(C)C. The Morgan fingerprint density at radius 2 is 2.04 bits per heavy atom. The summed E-state index contributed by atoms with van der Waals surface area (Å²) >= 11 is 0. The highest BCUT2D eigenvalue weighted by molar-refractivity contribution is 7.89. The fourth-order valence-corrected chi connectivity index (χ4v) is 3.35.